The highest BCUT2D eigenvalue weighted by atomic mass is 19.1. The molecular weight excluding hydrogens is 297 g/mol. The summed E-state index contributed by atoms with van der Waals surface area (Å²) in [5.74, 6) is -0.667. The number of nitriles is 1. The van der Waals surface area contributed by atoms with Gasteiger partial charge in [-0.25, -0.2) is 9.37 Å². The maximum atomic E-state index is 13.1. The Balaban J connectivity index is 1.87. The summed E-state index contributed by atoms with van der Waals surface area (Å²) in [6.07, 6.45) is 1.10. The number of rotatable bonds is 2. The van der Waals surface area contributed by atoms with E-state index in [4.69, 9.17) is 5.26 Å². The Morgan fingerprint density at radius 1 is 1.30 bits per heavy atom. The minimum Gasteiger partial charge on any atom is -0.391 e. The lowest BCUT2D eigenvalue weighted by Gasteiger charge is -2.24. The average Bonchev–Trinajstić information content (AvgIpc) is 2.97. The zero-order valence-corrected chi connectivity index (χ0v) is 12.2. The molecule has 2 aromatic rings. The number of β-amino-alcohol motifs (C(OH)–C–C–N with tert-alkyl or cyclic N) is 1. The zero-order chi connectivity index (χ0) is 16.4. The summed E-state index contributed by atoms with van der Waals surface area (Å²) in [6.45, 7) is 0.197. The smallest absolute Gasteiger partial charge is 0.273 e. The number of benzene rings is 1. The van der Waals surface area contributed by atoms with Crippen LogP contribution in [-0.4, -0.2) is 33.5 Å². The number of nitrogens with zero attached hydrogens (tertiary/aromatic N) is 3. The van der Waals surface area contributed by atoms with Gasteiger partial charge in [0.1, 0.15) is 17.6 Å². The fourth-order valence-corrected chi connectivity index (χ4v) is 2.77. The Hall–Kier alpha value is -2.78. The van der Waals surface area contributed by atoms with Gasteiger partial charge in [-0.3, -0.25) is 4.79 Å². The van der Waals surface area contributed by atoms with Gasteiger partial charge in [-0.1, -0.05) is 12.1 Å². The van der Waals surface area contributed by atoms with Crippen molar-refractivity contribution in [3.63, 3.8) is 0 Å². The minimum atomic E-state index is -0.632. The number of aromatic nitrogens is 1. The lowest BCUT2D eigenvalue weighted by molar-refractivity contribution is 0.0710. The molecule has 1 N–H and O–H groups in total. The quantitative estimate of drug-likeness (QED) is 0.920. The van der Waals surface area contributed by atoms with E-state index in [1.807, 2.05) is 6.07 Å². The highest BCUT2D eigenvalue weighted by Crippen LogP contribution is 2.33. The molecule has 0 spiro atoms. The monoisotopic (exact) mass is 311 g/mol. The molecule has 1 saturated heterocycles. The maximum Gasteiger partial charge on any atom is 0.273 e. The first kappa shape index (κ1) is 15.1. The van der Waals surface area contributed by atoms with Crippen LogP contribution in [0.5, 0.6) is 0 Å². The number of carbonyl (C=O) groups is 1. The van der Waals surface area contributed by atoms with Crippen molar-refractivity contribution in [3.05, 3.63) is 65.2 Å². The summed E-state index contributed by atoms with van der Waals surface area (Å²) in [5.41, 5.74) is 1.35. The Morgan fingerprint density at radius 3 is 2.65 bits per heavy atom. The van der Waals surface area contributed by atoms with E-state index < -0.39 is 6.10 Å². The average molecular weight is 311 g/mol. The van der Waals surface area contributed by atoms with Gasteiger partial charge >= 0.3 is 0 Å². The second-order valence-electron chi connectivity index (χ2n) is 5.46. The van der Waals surface area contributed by atoms with Crippen LogP contribution < -0.4 is 0 Å². The molecule has 1 fully saturated rings. The Labute approximate surface area is 132 Å². The van der Waals surface area contributed by atoms with Gasteiger partial charge in [-0.2, -0.15) is 5.26 Å². The van der Waals surface area contributed by atoms with E-state index in [2.05, 4.69) is 4.98 Å². The van der Waals surface area contributed by atoms with Gasteiger partial charge in [0.2, 0.25) is 0 Å². The lowest BCUT2D eigenvalue weighted by Crippen LogP contribution is -2.32. The number of carbonyl (C=O) groups excluding carboxylic acids is 1. The van der Waals surface area contributed by atoms with Crippen molar-refractivity contribution in [2.75, 3.05) is 6.54 Å². The van der Waals surface area contributed by atoms with Gasteiger partial charge < -0.3 is 10.0 Å². The van der Waals surface area contributed by atoms with Crippen molar-refractivity contribution in [1.29, 1.82) is 5.26 Å². The van der Waals surface area contributed by atoms with E-state index >= 15 is 0 Å². The Kier molecular flexibility index (Phi) is 4.04. The predicted molar refractivity (Wildman–Crippen MR) is 79.8 cm³/mol. The largest absolute Gasteiger partial charge is 0.391 e. The number of aliphatic hydroxyl groups is 1. The van der Waals surface area contributed by atoms with Gasteiger partial charge in [0.05, 0.1) is 17.7 Å². The number of pyridine rings is 1. The molecule has 23 heavy (non-hydrogen) atoms. The van der Waals surface area contributed by atoms with E-state index in [1.165, 1.54) is 35.4 Å². The molecule has 1 aromatic heterocycles. The summed E-state index contributed by atoms with van der Waals surface area (Å²) in [5, 5.41) is 18.7. The molecule has 0 radical (unpaired) electrons. The van der Waals surface area contributed by atoms with Crippen LogP contribution >= 0.6 is 0 Å². The first-order valence-corrected chi connectivity index (χ1v) is 7.19. The van der Waals surface area contributed by atoms with Crippen molar-refractivity contribution in [2.45, 2.75) is 18.6 Å². The van der Waals surface area contributed by atoms with Gasteiger partial charge in [-0.15, -0.1) is 0 Å². The van der Waals surface area contributed by atoms with Crippen LogP contribution in [0, 0.1) is 17.1 Å². The second-order valence-corrected chi connectivity index (χ2v) is 5.46. The number of amides is 1. The molecule has 0 unspecified atom stereocenters. The molecule has 2 heterocycles. The van der Waals surface area contributed by atoms with Gasteiger partial charge in [-0.05, 0) is 36.2 Å². The molecule has 116 valence electrons. The lowest BCUT2D eigenvalue weighted by atomic mass is 10.0. The van der Waals surface area contributed by atoms with Crippen molar-refractivity contribution in [3.8, 4) is 6.07 Å². The van der Waals surface area contributed by atoms with Crippen molar-refractivity contribution in [2.24, 2.45) is 0 Å². The van der Waals surface area contributed by atoms with Crippen LogP contribution in [0.15, 0.2) is 42.6 Å². The van der Waals surface area contributed by atoms with E-state index in [9.17, 15) is 14.3 Å². The fraction of sp³-hybridized carbons (Fsp3) is 0.235. The summed E-state index contributed by atoms with van der Waals surface area (Å²) < 4.78 is 13.1. The number of hydrogen-bond donors (Lipinski definition) is 1. The SMILES string of the molecule is N#Cc1ccc(C(=O)N2C[C@@H](O)C[C@@H]2c2ccc(F)cc2)nc1. The third-order valence-corrected chi connectivity index (χ3v) is 3.91. The zero-order valence-electron chi connectivity index (χ0n) is 12.2. The molecule has 0 aliphatic carbocycles. The molecule has 2 atom stereocenters. The highest BCUT2D eigenvalue weighted by molar-refractivity contribution is 5.92. The highest BCUT2D eigenvalue weighted by Gasteiger charge is 2.36. The van der Waals surface area contributed by atoms with E-state index in [1.54, 1.807) is 12.1 Å². The Bertz CT molecular complexity index is 753. The van der Waals surface area contributed by atoms with Crippen molar-refractivity contribution >= 4 is 5.91 Å². The van der Waals surface area contributed by atoms with E-state index in [0.717, 1.165) is 5.56 Å². The molecular formula is C17H14FN3O2. The van der Waals surface area contributed by atoms with Crippen molar-refractivity contribution in [1.82, 2.24) is 9.88 Å². The number of likely N-dealkylation sites (tertiary alicyclic amines) is 1. The van der Waals surface area contributed by atoms with Gasteiger partial charge in [0, 0.05) is 12.7 Å². The molecule has 0 saturated carbocycles. The molecule has 1 aromatic carbocycles. The van der Waals surface area contributed by atoms with Crippen LogP contribution in [0.25, 0.3) is 0 Å². The van der Waals surface area contributed by atoms with Gasteiger partial charge in [0.15, 0.2) is 0 Å². The van der Waals surface area contributed by atoms with E-state index in [0.29, 0.717) is 12.0 Å². The van der Waals surface area contributed by atoms with Crippen LogP contribution in [0.3, 0.4) is 0 Å². The first-order chi connectivity index (χ1) is 11.1. The van der Waals surface area contributed by atoms with Crippen molar-refractivity contribution < 1.29 is 14.3 Å². The summed E-state index contributed by atoms with van der Waals surface area (Å²) >= 11 is 0. The van der Waals surface area contributed by atoms with Gasteiger partial charge in [0.25, 0.3) is 5.91 Å². The van der Waals surface area contributed by atoms with Crippen LogP contribution in [0.4, 0.5) is 4.39 Å². The number of aliphatic hydroxyl groups excluding tert-OH is 1. The third kappa shape index (κ3) is 3.05. The topological polar surface area (TPSA) is 77.2 Å². The first-order valence-electron chi connectivity index (χ1n) is 7.19. The molecule has 1 amide bonds. The minimum absolute atomic E-state index is 0.197. The number of hydrogen-bond acceptors (Lipinski definition) is 4. The molecule has 1 aliphatic rings. The summed E-state index contributed by atoms with van der Waals surface area (Å²) in [4.78, 5) is 18.2. The van der Waals surface area contributed by atoms with Crippen LogP contribution in [0.1, 0.15) is 34.1 Å². The number of halogens is 1. The predicted octanol–water partition coefficient (Wildman–Crippen LogP) is 2.04. The summed E-state index contributed by atoms with van der Waals surface area (Å²) in [7, 11) is 0. The van der Waals surface area contributed by atoms with Crippen LogP contribution in [0.2, 0.25) is 0 Å². The standard InChI is InChI=1S/C17H14FN3O2/c18-13-4-2-12(3-5-13)16-7-14(22)10-21(16)17(23)15-6-1-11(8-19)9-20-15/h1-6,9,14,16,22H,7,10H2/t14-,16+/m0/s1. The summed E-state index contributed by atoms with van der Waals surface area (Å²) in [6, 6.07) is 10.5. The normalized spacial score (nSPS) is 20.3. The third-order valence-electron chi connectivity index (χ3n) is 3.91. The van der Waals surface area contributed by atoms with Crippen LogP contribution in [-0.2, 0) is 0 Å². The fourth-order valence-electron chi connectivity index (χ4n) is 2.77. The molecule has 5 nitrogen and oxygen atoms in total. The molecule has 1 aliphatic heterocycles. The molecule has 6 heteroatoms. The molecule has 0 bridgehead atoms. The Morgan fingerprint density at radius 2 is 2.04 bits per heavy atom. The second kappa shape index (κ2) is 6.15. The molecule has 3 rings (SSSR count). The van der Waals surface area contributed by atoms with E-state index in [-0.39, 0.29) is 30.0 Å². The maximum absolute atomic E-state index is 13.1.